The van der Waals surface area contributed by atoms with Crippen LogP contribution in [0.4, 0.5) is 0 Å². The van der Waals surface area contributed by atoms with Crippen LogP contribution in [0.25, 0.3) is 0 Å². The molecule has 0 bridgehead atoms. The van der Waals surface area contributed by atoms with Gasteiger partial charge in [-0.25, -0.2) is 0 Å². The number of esters is 1. The molecule has 1 N–H and O–H groups in total. The first-order valence-electron chi connectivity index (χ1n) is 15.2. The quantitative estimate of drug-likeness (QED) is 0.244. The van der Waals surface area contributed by atoms with Gasteiger partial charge in [0.2, 0.25) is 5.91 Å². The smallest absolute Gasteiger partial charge is 0.308 e. The minimum atomic E-state index is -0.142. The van der Waals surface area contributed by atoms with E-state index in [1.807, 2.05) is 0 Å². The Morgan fingerprint density at radius 2 is 1.37 bits per heavy atom. The molecule has 2 saturated carbocycles. The average molecular weight is 563 g/mol. The normalized spacial score (nSPS) is 23.0. The van der Waals surface area contributed by atoms with Gasteiger partial charge in [0.05, 0.1) is 38.4 Å². The summed E-state index contributed by atoms with van der Waals surface area (Å²) in [6.45, 7) is 3.86. The number of rotatable bonds is 14. The van der Waals surface area contributed by atoms with Crippen molar-refractivity contribution in [1.82, 2.24) is 10.2 Å². The Balaban J connectivity index is 1.09. The van der Waals surface area contributed by atoms with Crippen molar-refractivity contribution in [1.29, 1.82) is 0 Å². The third-order valence-corrected chi connectivity index (χ3v) is 8.19. The number of carbonyl (C=O) groups is 2. The number of hydrogen-bond donors (Lipinski definition) is 1. The van der Waals surface area contributed by atoms with Crippen molar-refractivity contribution in [2.45, 2.75) is 82.7 Å². The number of carbonyl (C=O) groups excluding carboxylic acids is 2. The first-order valence-corrected chi connectivity index (χ1v) is 15.2. The lowest BCUT2D eigenvalue weighted by Gasteiger charge is -2.29. The van der Waals surface area contributed by atoms with Crippen LogP contribution in [-0.2, 0) is 36.9 Å². The van der Waals surface area contributed by atoms with Gasteiger partial charge in [-0.1, -0.05) is 66.7 Å². The minimum Gasteiger partial charge on any atom is -0.469 e. The number of hydrogen-bond acceptors (Lipinski definition) is 6. The molecule has 4 rings (SSSR count). The molecule has 0 atom stereocenters. The Labute approximate surface area is 245 Å². The summed E-state index contributed by atoms with van der Waals surface area (Å²) in [6.07, 6.45) is 10.9. The average Bonchev–Trinajstić information content (AvgIpc) is 3.01. The van der Waals surface area contributed by atoms with Gasteiger partial charge >= 0.3 is 5.97 Å². The third kappa shape index (κ3) is 11.1. The lowest BCUT2D eigenvalue weighted by Crippen LogP contribution is -2.38. The van der Waals surface area contributed by atoms with Crippen LogP contribution in [0, 0.1) is 5.92 Å². The fraction of sp³-hybridized carbons (Fsp3) is 0.529. The zero-order valence-corrected chi connectivity index (χ0v) is 24.4. The van der Waals surface area contributed by atoms with E-state index >= 15 is 0 Å². The van der Waals surface area contributed by atoms with Gasteiger partial charge in [0.1, 0.15) is 0 Å². The van der Waals surface area contributed by atoms with E-state index in [-0.39, 0.29) is 36.0 Å². The van der Waals surface area contributed by atoms with Gasteiger partial charge in [0.15, 0.2) is 0 Å². The number of ether oxygens (including phenoxy) is 3. The molecule has 2 fully saturated rings. The van der Waals surface area contributed by atoms with Gasteiger partial charge in [0.25, 0.3) is 0 Å². The molecule has 0 unspecified atom stereocenters. The maximum Gasteiger partial charge on any atom is 0.308 e. The first kappa shape index (κ1) is 30.9. The maximum absolute atomic E-state index is 12.3. The van der Waals surface area contributed by atoms with Crippen LogP contribution in [-0.4, -0.2) is 61.9 Å². The fourth-order valence-electron chi connectivity index (χ4n) is 5.85. The molecule has 0 heterocycles. The zero-order chi connectivity index (χ0) is 28.7. The van der Waals surface area contributed by atoms with E-state index in [1.54, 1.807) is 12.2 Å². The van der Waals surface area contributed by atoms with Gasteiger partial charge < -0.3 is 19.5 Å². The van der Waals surface area contributed by atoms with Crippen LogP contribution in [0.2, 0.25) is 0 Å². The van der Waals surface area contributed by atoms with E-state index in [0.29, 0.717) is 6.61 Å². The Hall–Kier alpha value is -3.00. The van der Waals surface area contributed by atoms with Gasteiger partial charge in [0, 0.05) is 31.8 Å². The highest BCUT2D eigenvalue weighted by Gasteiger charge is 2.27. The van der Waals surface area contributed by atoms with E-state index in [9.17, 15) is 9.59 Å². The van der Waals surface area contributed by atoms with Crippen LogP contribution < -0.4 is 5.32 Å². The van der Waals surface area contributed by atoms with Crippen molar-refractivity contribution in [2.24, 2.45) is 5.92 Å². The molecule has 2 aromatic carbocycles. The van der Waals surface area contributed by atoms with Crippen molar-refractivity contribution >= 4 is 11.9 Å². The number of benzene rings is 2. The molecule has 7 nitrogen and oxygen atoms in total. The lowest BCUT2D eigenvalue weighted by atomic mass is 9.86. The van der Waals surface area contributed by atoms with Crippen LogP contribution >= 0.6 is 0 Å². The van der Waals surface area contributed by atoms with Gasteiger partial charge in [-0.3, -0.25) is 14.5 Å². The van der Waals surface area contributed by atoms with E-state index in [0.717, 1.165) is 77.6 Å². The number of methoxy groups -OCH3 is 1. The molecule has 2 aromatic rings. The van der Waals surface area contributed by atoms with E-state index in [2.05, 4.69) is 70.9 Å². The molecule has 2 aliphatic rings. The van der Waals surface area contributed by atoms with Crippen molar-refractivity contribution in [3.8, 4) is 0 Å². The van der Waals surface area contributed by atoms with Gasteiger partial charge in [-0.05, 0) is 62.5 Å². The standard InChI is InChI=1S/C34H46N2O5/c1-39-34(38)29-14-16-30(17-15-29)35-33(37)13-8-23-40-31-18-20-32(21-19-31)41-24-22-36(25-27-9-4-2-5-10-27)26-28-11-6-3-7-12-28/h2-13,29-32H,14-26H2,1H3,(H,35,37)/b13-8+. The second-order valence-corrected chi connectivity index (χ2v) is 11.3. The summed E-state index contributed by atoms with van der Waals surface area (Å²) in [6, 6.07) is 21.3. The Bertz CT molecular complexity index is 1020. The maximum atomic E-state index is 12.3. The molecule has 0 saturated heterocycles. The number of nitrogens with one attached hydrogen (secondary N) is 1. The summed E-state index contributed by atoms with van der Waals surface area (Å²) in [5.74, 6) is -0.274. The van der Waals surface area contributed by atoms with E-state index in [1.165, 1.54) is 18.2 Å². The van der Waals surface area contributed by atoms with Crippen molar-refractivity contribution in [2.75, 3.05) is 26.9 Å². The summed E-state index contributed by atoms with van der Waals surface area (Å²) in [7, 11) is 1.43. The summed E-state index contributed by atoms with van der Waals surface area (Å²) in [4.78, 5) is 26.4. The molecule has 0 radical (unpaired) electrons. The van der Waals surface area contributed by atoms with E-state index in [4.69, 9.17) is 14.2 Å². The monoisotopic (exact) mass is 562 g/mol. The van der Waals surface area contributed by atoms with Gasteiger partial charge in [-0.15, -0.1) is 0 Å². The zero-order valence-electron chi connectivity index (χ0n) is 24.4. The largest absolute Gasteiger partial charge is 0.469 e. The molecule has 0 aromatic heterocycles. The van der Waals surface area contributed by atoms with Crippen LogP contribution in [0.5, 0.6) is 0 Å². The van der Waals surface area contributed by atoms with Crippen LogP contribution in [0.1, 0.15) is 62.5 Å². The topological polar surface area (TPSA) is 77.1 Å². The second kappa shape index (κ2) is 17.1. The fourth-order valence-corrected chi connectivity index (χ4v) is 5.85. The predicted octanol–water partition coefficient (Wildman–Crippen LogP) is 5.44. The van der Waals surface area contributed by atoms with Gasteiger partial charge in [-0.2, -0.15) is 0 Å². The second-order valence-electron chi connectivity index (χ2n) is 11.3. The Morgan fingerprint density at radius 1 is 0.805 bits per heavy atom. The highest BCUT2D eigenvalue weighted by Crippen LogP contribution is 2.25. The minimum absolute atomic E-state index is 0.0356. The lowest BCUT2D eigenvalue weighted by molar-refractivity contribution is -0.146. The third-order valence-electron chi connectivity index (χ3n) is 8.19. The summed E-state index contributed by atoms with van der Waals surface area (Å²) >= 11 is 0. The molecule has 222 valence electrons. The molecule has 7 heteroatoms. The summed E-state index contributed by atoms with van der Waals surface area (Å²) in [5, 5.41) is 3.04. The predicted molar refractivity (Wildman–Crippen MR) is 160 cm³/mol. The van der Waals surface area contributed by atoms with Crippen molar-refractivity contribution in [3.63, 3.8) is 0 Å². The molecule has 41 heavy (non-hydrogen) atoms. The molecule has 1 amide bonds. The Morgan fingerprint density at radius 3 is 1.93 bits per heavy atom. The molecule has 0 spiro atoms. The highest BCUT2D eigenvalue weighted by atomic mass is 16.5. The molecule has 2 aliphatic carbocycles. The first-order chi connectivity index (χ1) is 20.1. The molecular formula is C34H46N2O5. The molecular weight excluding hydrogens is 516 g/mol. The van der Waals surface area contributed by atoms with E-state index < -0.39 is 0 Å². The summed E-state index contributed by atoms with van der Waals surface area (Å²) < 4.78 is 17.2. The van der Waals surface area contributed by atoms with Crippen LogP contribution in [0.3, 0.4) is 0 Å². The Kier molecular flexibility index (Phi) is 12.9. The van der Waals surface area contributed by atoms with Crippen molar-refractivity contribution in [3.05, 3.63) is 83.9 Å². The number of nitrogens with zero attached hydrogens (tertiary/aromatic N) is 1. The number of amides is 1. The SMILES string of the molecule is COC(=O)C1CCC(NC(=O)/C=C/COC2CCC(OCCN(Cc3ccccc3)Cc3ccccc3)CC2)CC1. The highest BCUT2D eigenvalue weighted by molar-refractivity contribution is 5.87. The molecule has 0 aliphatic heterocycles. The van der Waals surface area contributed by atoms with Crippen LogP contribution in [0.15, 0.2) is 72.8 Å². The van der Waals surface area contributed by atoms with Crippen molar-refractivity contribution < 1.29 is 23.8 Å². The summed E-state index contributed by atoms with van der Waals surface area (Å²) in [5.41, 5.74) is 2.63.